The van der Waals surface area contributed by atoms with E-state index in [2.05, 4.69) is 6.92 Å². The largest absolute Gasteiger partial charge is 0.474 e. The first kappa shape index (κ1) is 22.1. The standard InChI is InChI=1S/C17H37O4P/c1-4-7-8-9-10-11-12-13-14-17-21-22(18,19-15-5-2)20-16-6-3/h4-17H2,1-3H3. The summed E-state index contributed by atoms with van der Waals surface area (Å²) < 4.78 is 28.3. The number of phosphoric ester groups is 1. The van der Waals surface area contributed by atoms with Gasteiger partial charge < -0.3 is 0 Å². The monoisotopic (exact) mass is 336 g/mol. The summed E-state index contributed by atoms with van der Waals surface area (Å²) in [6.07, 6.45) is 12.9. The average molecular weight is 336 g/mol. The molecule has 0 fully saturated rings. The molecule has 0 rings (SSSR count). The van der Waals surface area contributed by atoms with Gasteiger partial charge in [0.1, 0.15) is 0 Å². The smallest absolute Gasteiger partial charge is 0.287 e. The van der Waals surface area contributed by atoms with Crippen molar-refractivity contribution < 1.29 is 18.1 Å². The van der Waals surface area contributed by atoms with Crippen LogP contribution >= 0.6 is 7.82 Å². The van der Waals surface area contributed by atoms with Crippen molar-refractivity contribution in [2.24, 2.45) is 0 Å². The summed E-state index contributed by atoms with van der Waals surface area (Å²) in [4.78, 5) is 0. The minimum atomic E-state index is -3.33. The van der Waals surface area contributed by atoms with Crippen molar-refractivity contribution in [2.75, 3.05) is 19.8 Å². The van der Waals surface area contributed by atoms with Gasteiger partial charge in [0.2, 0.25) is 0 Å². The van der Waals surface area contributed by atoms with Crippen LogP contribution < -0.4 is 0 Å². The highest BCUT2D eigenvalue weighted by molar-refractivity contribution is 7.48. The topological polar surface area (TPSA) is 44.8 Å². The predicted octanol–water partition coefficient (Wildman–Crippen LogP) is 6.50. The van der Waals surface area contributed by atoms with E-state index in [1.165, 1.54) is 44.9 Å². The van der Waals surface area contributed by atoms with Gasteiger partial charge in [-0.3, -0.25) is 13.6 Å². The molecule has 0 radical (unpaired) electrons. The summed E-state index contributed by atoms with van der Waals surface area (Å²) in [5.41, 5.74) is 0. The summed E-state index contributed by atoms with van der Waals surface area (Å²) in [6, 6.07) is 0. The number of rotatable bonds is 17. The van der Waals surface area contributed by atoms with Crippen molar-refractivity contribution in [3.05, 3.63) is 0 Å². The zero-order valence-electron chi connectivity index (χ0n) is 15.0. The number of hydrogen-bond donors (Lipinski definition) is 0. The highest BCUT2D eigenvalue weighted by atomic mass is 31.2. The molecule has 5 heteroatoms. The molecule has 0 amide bonds. The van der Waals surface area contributed by atoms with Gasteiger partial charge in [-0.05, 0) is 19.3 Å². The third-order valence-electron chi connectivity index (χ3n) is 3.40. The molecule has 0 N–H and O–H groups in total. The predicted molar refractivity (Wildman–Crippen MR) is 93.3 cm³/mol. The highest BCUT2D eigenvalue weighted by Gasteiger charge is 2.25. The molecule has 0 unspecified atom stereocenters. The van der Waals surface area contributed by atoms with E-state index in [-0.39, 0.29) is 0 Å². The van der Waals surface area contributed by atoms with E-state index in [1.807, 2.05) is 13.8 Å². The molecule has 0 atom stereocenters. The first-order valence-corrected chi connectivity index (χ1v) is 10.7. The lowest BCUT2D eigenvalue weighted by Crippen LogP contribution is -2.03. The molecule has 0 aromatic rings. The molecule has 0 aliphatic rings. The second kappa shape index (κ2) is 16.0. The van der Waals surface area contributed by atoms with Gasteiger partial charge in [-0.15, -0.1) is 0 Å². The Balaban J connectivity index is 3.60. The van der Waals surface area contributed by atoms with Crippen LogP contribution in [0.15, 0.2) is 0 Å². The minimum absolute atomic E-state index is 0.415. The van der Waals surface area contributed by atoms with Gasteiger partial charge in [-0.1, -0.05) is 72.1 Å². The second-order valence-corrected chi connectivity index (χ2v) is 7.44. The van der Waals surface area contributed by atoms with Crippen LogP contribution in [0.3, 0.4) is 0 Å². The van der Waals surface area contributed by atoms with Crippen LogP contribution in [-0.2, 0) is 18.1 Å². The third kappa shape index (κ3) is 13.8. The Labute approximate surface area is 137 Å². The molecule has 0 saturated carbocycles. The average Bonchev–Trinajstić information content (AvgIpc) is 2.53. The van der Waals surface area contributed by atoms with Crippen molar-refractivity contribution in [3.63, 3.8) is 0 Å². The number of unbranched alkanes of at least 4 members (excludes halogenated alkanes) is 8. The Kier molecular flexibility index (Phi) is 16.1. The van der Waals surface area contributed by atoms with Gasteiger partial charge in [0, 0.05) is 0 Å². The van der Waals surface area contributed by atoms with E-state index in [9.17, 15) is 4.57 Å². The lowest BCUT2D eigenvalue weighted by molar-refractivity contribution is 0.111. The Hall–Kier alpha value is 0.110. The van der Waals surface area contributed by atoms with Crippen molar-refractivity contribution >= 4 is 7.82 Å². The van der Waals surface area contributed by atoms with Crippen LogP contribution in [0, 0.1) is 0 Å². The molecule has 0 aliphatic carbocycles. The van der Waals surface area contributed by atoms with Gasteiger partial charge in [0.25, 0.3) is 0 Å². The SMILES string of the molecule is CCCCCCCCCCCOP(=O)(OCCC)OCCC. The van der Waals surface area contributed by atoms with Crippen molar-refractivity contribution in [3.8, 4) is 0 Å². The molecule has 134 valence electrons. The molecule has 4 nitrogen and oxygen atoms in total. The molecule has 0 spiro atoms. The van der Waals surface area contributed by atoms with Crippen LogP contribution in [-0.4, -0.2) is 19.8 Å². The maximum atomic E-state index is 12.3. The zero-order valence-corrected chi connectivity index (χ0v) is 15.9. The normalized spacial score (nSPS) is 12.0. The quantitative estimate of drug-likeness (QED) is 0.225. The Morgan fingerprint density at radius 2 is 0.955 bits per heavy atom. The first-order chi connectivity index (χ1) is 10.7. The molecule has 0 saturated heterocycles. The Morgan fingerprint density at radius 1 is 0.545 bits per heavy atom. The third-order valence-corrected chi connectivity index (χ3v) is 4.90. The summed E-state index contributed by atoms with van der Waals surface area (Å²) in [6.45, 7) is 7.49. The summed E-state index contributed by atoms with van der Waals surface area (Å²) in [7, 11) is -3.33. The lowest BCUT2D eigenvalue weighted by Gasteiger charge is -2.17. The van der Waals surface area contributed by atoms with E-state index < -0.39 is 7.82 Å². The molecule has 0 bridgehead atoms. The van der Waals surface area contributed by atoms with E-state index in [1.54, 1.807) is 0 Å². The van der Waals surface area contributed by atoms with E-state index in [0.29, 0.717) is 19.8 Å². The van der Waals surface area contributed by atoms with E-state index >= 15 is 0 Å². The van der Waals surface area contributed by atoms with Crippen LogP contribution in [0.1, 0.15) is 91.4 Å². The van der Waals surface area contributed by atoms with Gasteiger partial charge in [0.15, 0.2) is 0 Å². The van der Waals surface area contributed by atoms with Gasteiger partial charge in [-0.2, -0.15) is 0 Å². The van der Waals surface area contributed by atoms with E-state index in [4.69, 9.17) is 13.6 Å². The van der Waals surface area contributed by atoms with Crippen LogP contribution in [0.4, 0.5) is 0 Å². The maximum Gasteiger partial charge on any atom is 0.474 e. The fourth-order valence-corrected chi connectivity index (χ4v) is 3.50. The zero-order chi connectivity index (χ0) is 16.5. The van der Waals surface area contributed by atoms with Crippen LogP contribution in [0.25, 0.3) is 0 Å². The fraction of sp³-hybridized carbons (Fsp3) is 1.00. The van der Waals surface area contributed by atoms with E-state index in [0.717, 1.165) is 25.7 Å². The van der Waals surface area contributed by atoms with Crippen molar-refractivity contribution in [1.29, 1.82) is 0 Å². The maximum absolute atomic E-state index is 12.3. The molecule has 0 aromatic carbocycles. The van der Waals surface area contributed by atoms with Gasteiger partial charge in [0.05, 0.1) is 19.8 Å². The second-order valence-electron chi connectivity index (χ2n) is 5.78. The first-order valence-electron chi connectivity index (χ1n) is 9.22. The summed E-state index contributed by atoms with van der Waals surface area (Å²) >= 11 is 0. The Morgan fingerprint density at radius 3 is 1.41 bits per heavy atom. The van der Waals surface area contributed by atoms with Crippen LogP contribution in [0.5, 0.6) is 0 Å². The molecular weight excluding hydrogens is 299 g/mol. The highest BCUT2D eigenvalue weighted by Crippen LogP contribution is 2.49. The molecule has 0 aliphatic heterocycles. The number of phosphoric acid groups is 1. The molecule has 0 aromatic heterocycles. The summed E-state index contributed by atoms with van der Waals surface area (Å²) in [5, 5.41) is 0. The lowest BCUT2D eigenvalue weighted by atomic mass is 10.1. The molecule has 0 heterocycles. The van der Waals surface area contributed by atoms with Crippen LogP contribution in [0.2, 0.25) is 0 Å². The summed E-state index contributed by atoms with van der Waals surface area (Å²) in [5.74, 6) is 0. The van der Waals surface area contributed by atoms with Crippen molar-refractivity contribution in [1.82, 2.24) is 0 Å². The fourth-order valence-electron chi connectivity index (χ4n) is 2.11. The van der Waals surface area contributed by atoms with Crippen molar-refractivity contribution in [2.45, 2.75) is 91.4 Å². The number of hydrogen-bond acceptors (Lipinski definition) is 4. The van der Waals surface area contributed by atoms with Gasteiger partial charge in [-0.25, -0.2) is 4.57 Å². The van der Waals surface area contributed by atoms with Gasteiger partial charge >= 0.3 is 7.82 Å². The minimum Gasteiger partial charge on any atom is -0.287 e. The molecule has 22 heavy (non-hydrogen) atoms. The molecular formula is C17H37O4P. The Bertz CT molecular complexity index is 259.